The van der Waals surface area contributed by atoms with Gasteiger partial charge >= 0.3 is 12.1 Å². The first kappa shape index (κ1) is 25.3. The van der Waals surface area contributed by atoms with Gasteiger partial charge in [0.05, 0.1) is 19.1 Å². The maximum atomic E-state index is 12.4. The van der Waals surface area contributed by atoms with Gasteiger partial charge in [-0.1, -0.05) is 54.6 Å². The Morgan fingerprint density at radius 3 is 2.24 bits per heavy atom. The molecule has 3 amide bonds. The molecule has 0 saturated heterocycles. The Kier molecular flexibility index (Phi) is 8.93. The van der Waals surface area contributed by atoms with Crippen molar-refractivity contribution in [3.63, 3.8) is 0 Å². The lowest BCUT2D eigenvalue weighted by Crippen LogP contribution is -2.44. The number of hydroxylamine groups is 2. The normalized spacial score (nSPS) is 11.5. The second-order valence-electron chi connectivity index (χ2n) is 8.00. The topological polar surface area (TPSA) is 146 Å². The first-order valence-corrected chi connectivity index (χ1v) is 10.1. The maximum Gasteiger partial charge on any atom is 0.436 e. The quantitative estimate of drug-likeness (QED) is 0.350. The van der Waals surface area contributed by atoms with Crippen LogP contribution in [0.5, 0.6) is 0 Å². The number of hydrogen-bond donors (Lipinski definition) is 2. The molecule has 0 aliphatic heterocycles. The molecular weight excluding hydrogens is 428 g/mol. The molecule has 2 rings (SSSR count). The Morgan fingerprint density at radius 2 is 1.67 bits per heavy atom. The highest BCUT2D eigenvalue weighted by atomic mass is 16.7. The summed E-state index contributed by atoms with van der Waals surface area (Å²) in [6, 6.07) is 15.1. The molecule has 2 aromatic carbocycles. The molecule has 0 fully saturated rings. The van der Waals surface area contributed by atoms with Crippen LogP contribution in [-0.4, -0.2) is 41.1 Å². The molecule has 0 aliphatic rings. The fourth-order valence-corrected chi connectivity index (χ4v) is 2.53. The number of amides is 3. The van der Waals surface area contributed by atoms with E-state index < -0.39 is 30.2 Å². The molecule has 0 aromatic heterocycles. The number of hydrogen-bond acceptors (Lipinski definition) is 6. The maximum absolute atomic E-state index is 12.4. The van der Waals surface area contributed by atoms with Gasteiger partial charge in [-0.2, -0.15) is 10.1 Å². The van der Waals surface area contributed by atoms with Gasteiger partial charge in [0.15, 0.2) is 0 Å². The minimum absolute atomic E-state index is 0.0142. The van der Waals surface area contributed by atoms with E-state index in [1.165, 1.54) is 0 Å². The Hall–Kier alpha value is -3.92. The van der Waals surface area contributed by atoms with Crippen LogP contribution in [0.2, 0.25) is 0 Å². The van der Waals surface area contributed by atoms with E-state index in [4.69, 9.17) is 15.3 Å². The summed E-state index contributed by atoms with van der Waals surface area (Å²) in [7, 11) is 0. The number of ether oxygens (including phenoxy) is 1. The van der Waals surface area contributed by atoms with E-state index in [-0.39, 0.29) is 19.0 Å². The van der Waals surface area contributed by atoms with E-state index >= 15 is 0 Å². The summed E-state index contributed by atoms with van der Waals surface area (Å²) in [5.41, 5.74) is 7.18. The van der Waals surface area contributed by atoms with E-state index in [1.807, 2.05) is 30.3 Å². The van der Waals surface area contributed by atoms with Crippen LogP contribution in [0.4, 0.5) is 9.59 Å². The number of carboxylic acids is 1. The highest BCUT2D eigenvalue weighted by molar-refractivity contribution is 6.02. The molecule has 0 aliphatic carbocycles. The average molecular weight is 455 g/mol. The summed E-state index contributed by atoms with van der Waals surface area (Å²) in [5, 5.41) is 13.9. The summed E-state index contributed by atoms with van der Waals surface area (Å²) in [6.45, 7) is 4.64. The highest BCUT2D eigenvalue weighted by Crippen LogP contribution is 2.12. The summed E-state index contributed by atoms with van der Waals surface area (Å²) < 4.78 is 5.12. The molecule has 0 saturated carbocycles. The van der Waals surface area contributed by atoms with Gasteiger partial charge in [-0.05, 0) is 31.9 Å². The first-order chi connectivity index (χ1) is 15.5. The van der Waals surface area contributed by atoms with Crippen molar-refractivity contribution in [1.29, 1.82) is 0 Å². The number of carboxylic acid groups (broad SMARTS) is 1. The predicted octanol–water partition coefficient (Wildman–Crippen LogP) is 1.72. The minimum atomic E-state index is -1.42. The third kappa shape index (κ3) is 9.40. The summed E-state index contributed by atoms with van der Waals surface area (Å²) >= 11 is 0. The molecule has 33 heavy (non-hydrogen) atoms. The third-order valence-corrected chi connectivity index (χ3v) is 4.02. The number of amidine groups is 1. The monoisotopic (exact) mass is 455 g/mol. The number of carbonyl (C=O) groups excluding carboxylic acids is 3. The Balaban J connectivity index is 2.08. The van der Waals surface area contributed by atoms with Gasteiger partial charge < -0.3 is 25.7 Å². The van der Waals surface area contributed by atoms with E-state index in [1.54, 1.807) is 45.0 Å². The van der Waals surface area contributed by atoms with Crippen LogP contribution in [0, 0.1) is 0 Å². The fraction of sp³-hybridized carbons (Fsp3) is 0.304. The van der Waals surface area contributed by atoms with Gasteiger partial charge in [0.25, 0.3) is 0 Å². The highest BCUT2D eigenvalue weighted by Gasteiger charge is 2.17. The molecule has 0 radical (unpaired) electrons. The van der Waals surface area contributed by atoms with Crippen molar-refractivity contribution in [2.24, 2.45) is 10.7 Å². The Bertz CT molecular complexity index is 984. The minimum Gasteiger partial charge on any atom is -0.548 e. The number of urea groups is 1. The van der Waals surface area contributed by atoms with Crippen molar-refractivity contribution < 1.29 is 29.1 Å². The number of aliphatic imine (C=N–C) groups is 1. The molecule has 176 valence electrons. The van der Waals surface area contributed by atoms with E-state index in [2.05, 4.69) is 10.3 Å². The fourth-order valence-electron chi connectivity index (χ4n) is 2.53. The zero-order chi connectivity index (χ0) is 24.4. The lowest BCUT2D eigenvalue weighted by atomic mass is 10.1. The molecule has 3 N–H and O–H groups in total. The predicted molar refractivity (Wildman–Crippen MR) is 119 cm³/mol. The molecule has 2 aromatic rings. The Morgan fingerprint density at radius 1 is 1.03 bits per heavy atom. The number of nitrogens with two attached hydrogens (primary N) is 1. The lowest BCUT2D eigenvalue weighted by Gasteiger charge is -2.23. The number of rotatable bonds is 8. The van der Waals surface area contributed by atoms with Crippen LogP contribution in [0.25, 0.3) is 0 Å². The van der Waals surface area contributed by atoms with Crippen LogP contribution in [0.15, 0.2) is 59.6 Å². The van der Waals surface area contributed by atoms with Crippen LogP contribution in [0.3, 0.4) is 0 Å². The van der Waals surface area contributed by atoms with Crippen molar-refractivity contribution >= 4 is 23.9 Å². The van der Waals surface area contributed by atoms with Crippen molar-refractivity contribution in [2.45, 2.75) is 39.5 Å². The SMILES string of the molecule is CC(C)(C)OC(=O)/N=C(\N)c1ccc(CN(OCc2ccccc2)C(=O)NCC(=O)[O-])cc1. The molecular formula is C23H27N4O6-. The van der Waals surface area contributed by atoms with Crippen LogP contribution in [-0.2, 0) is 27.5 Å². The first-order valence-electron chi connectivity index (χ1n) is 10.1. The number of nitrogens with zero attached hydrogens (tertiary/aromatic N) is 2. The summed E-state index contributed by atoms with van der Waals surface area (Å²) in [6.07, 6.45) is -0.797. The van der Waals surface area contributed by atoms with Gasteiger partial charge in [0, 0.05) is 5.56 Å². The molecule has 0 unspecified atom stereocenters. The van der Waals surface area contributed by atoms with Crippen molar-refractivity contribution in [3.8, 4) is 0 Å². The molecule has 0 bridgehead atoms. The molecule has 0 heterocycles. The van der Waals surface area contributed by atoms with Crippen LogP contribution in [0.1, 0.15) is 37.5 Å². The van der Waals surface area contributed by atoms with Crippen LogP contribution >= 0.6 is 0 Å². The summed E-state index contributed by atoms with van der Waals surface area (Å²) in [4.78, 5) is 44.2. The van der Waals surface area contributed by atoms with Crippen LogP contribution < -0.4 is 16.2 Å². The van der Waals surface area contributed by atoms with Gasteiger partial charge in [-0.15, -0.1) is 0 Å². The number of benzene rings is 2. The molecule has 10 nitrogen and oxygen atoms in total. The molecule has 0 spiro atoms. The standard InChI is InChI=1S/C23H28N4O6/c1-23(2,3)33-22(31)26-20(24)18-11-9-16(10-12-18)14-27(21(30)25-13-19(28)29)32-15-17-7-5-4-6-8-17/h4-12H,13-15H2,1-3H3,(H,25,30)(H,28,29)(H2,24,26,31)/p-1. The van der Waals surface area contributed by atoms with Crippen molar-refractivity contribution in [3.05, 3.63) is 71.3 Å². The smallest absolute Gasteiger partial charge is 0.436 e. The zero-order valence-corrected chi connectivity index (χ0v) is 18.7. The van der Waals surface area contributed by atoms with Gasteiger partial charge in [0.2, 0.25) is 0 Å². The number of nitrogens with one attached hydrogen (secondary N) is 1. The van der Waals surface area contributed by atoms with E-state index in [9.17, 15) is 19.5 Å². The largest absolute Gasteiger partial charge is 0.548 e. The third-order valence-electron chi connectivity index (χ3n) is 4.02. The second kappa shape index (κ2) is 11.6. The van der Waals surface area contributed by atoms with Gasteiger partial charge in [0.1, 0.15) is 18.0 Å². The molecule has 10 heteroatoms. The van der Waals surface area contributed by atoms with Gasteiger partial charge in [-0.25, -0.2) is 9.59 Å². The Labute approximate surface area is 192 Å². The van der Waals surface area contributed by atoms with Crippen molar-refractivity contribution in [2.75, 3.05) is 6.54 Å². The zero-order valence-electron chi connectivity index (χ0n) is 18.7. The van der Waals surface area contributed by atoms with E-state index in [0.717, 1.165) is 10.6 Å². The van der Waals surface area contributed by atoms with E-state index in [0.29, 0.717) is 11.1 Å². The second-order valence-corrected chi connectivity index (χ2v) is 8.00. The summed E-state index contributed by atoms with van der Waals surface area (Å²) in [5.74, 6) is -1.44. The lowest BCUT2D eigenvalue weighted by molar-refractivity contribution is -0.303. The average Bonchev–Trinajstić information content (AvgIpc) is 2.74. The number of carbonyl (C=O) groups is 3. The number of aliphatic carboxylic acids is 1. The van der Waals surface area contributed by atoms with Gasteiger partial charge in [-0.3, -0.25) is 4.84 Å². The van der Waals surface area contributed by atoms with Crippen molar-refractivity contribution in [1.82, 2.24) is 10.4 Å². The molecule has 0 atom stereocenters.